The monoisotopic (exact) mass is 410 g/mol. The minimum atomic E-state index is -0.862. The predicted octanol–water partition coefficient (Wildman–Crippen LogP) is 0.956. The second-order valence-corrected chi connectivity index (χ2v) is 7.75. The first-order chi connectivity index (χ1) is 14.5. The summed E-state index contributed by atoms with van der Waals surface area (Å²) in [6.45, 7) is 2.64. The van der Waals surface area contributed by atoms with Gasteiger partial charge in [-0.1, -0.05) is 30.4 Å². The number of carbonyl (C=O) groups is 3. The van der Waals surface area contributed by atoms with Gasteiger partial charge in [-0.2, -0.15) is 0 Å². The van der Waals surface area contributed by atoms with Crippen LogP contribution in [0.1, 0.15) is 18.4 Å². The van der Waals surface area contributed by atoms with Crippen LogP contribution in [0.4, 0.5) is 5.69 Å². The molecule has 3 aliphatic heterocycles. The number of nitrogens with zero attached hydrogens (tertiary/aromatic N) is 3. The smallest absolute Gasteiger partial charge is 0.317 e. The average Bonchev–Trinajstić information content (AvgIpc) is 2.78. The van der Waals surface area contributed by atoms with Gasteiger partial charge in [-0.3, -0.25) is 19.3 Å². The largest absolute Gasteiger partial charge is 0.480 e. The van der Waals surface area contributed by atoms with E-state index in [0.29, 0.717) is 50.5 Å². The summed E-state index contributed by atoms with van der Waals surface area (Å²) in [5, 5.41) is 12.0. The molecule has 3 aliphatic rings. The first-order valence-electron chi connectivity index (χ1n) is 10.3. The van der Waals surface area contributed by atoms with E-state index in [9.17, 15) is 14.4 Å². The lowest BCUT2D eigenvalue weighted by molar-refractivity contribution is -0.139. The van der Waals surface area contributed by atoms with Crippen LogP contribution in [0.5, 0.6) is 0 Å². The number of hydrogen-bond acceptors (Lipinski definition) is 5. The van der Waals surface area contributed by atoms with E-state index in [-0.39, 0.29) is 18.4 Å². The molecule has 0 spiro atoms. The van der Waals surface area contributed by atoms with E-state index in [1.165, 1.54) is 5.56 Å². The van der Waals surface area contributed by atoms with Crippen molar-refractivity contribution in [2.75, 3.05) is 44.2 Å². The molecule has 0 atom stereocenters. The number of rotatable bonds is 4. The maximum atomic E-state index is 13.2. The molecule has 158 valence electrons. The molecule has 3 heterocycles. The Balaban J connectivity index is 1.39. The summed E-state index contributed by atoms with van der Waals surface area (Å²) in [5.74, 6) is -1.13. The zero-order valence-electron chi connectivity index (χ0n) is 16.8. The maximum absolute atomic E-state index is 13.2. The summed E-state index contributed by atoms with van der Waals surface area (Å²) in [6, 6.07) is 7.94. The molecular formula is C22H26N4O4. The Morgan fingerprint density at radius 3 is 2.37 bits per heavy atom. The third-order valence-electron chi connectivity index (χ3n) is 5.75. The summed E-state index contributed by atoms with van der Waals surface area (Å²) >= 11 is 0. The van der Waals surface area contributed by atoms with E-state index in [2.05, 4.69) is 11.4 Å². The fourth-order valence-electron chi connectivity index (χ4n) is 4.18. The first kappa shape index (κ1) is 20.2. The van der Waals surface area contributed by atoms with E-state index in [4.69, 9.17) is 5.11 Å². The Bertz CT molecular complexity index is 915. The van der Waals surface area contributed by atoms with Crippen LogP contribution in [0.3, 0.4) is 0 Å². The van der Waals surface area contributed by atoms with Crippen molar-refractivity contribution in [3.05, 3.63) is 53.4 Å². The van der Waals surface area contributed by atoms with Crippen molar-refractivity contribution < 1.29 is 19.5 Å². The van der Waals surface area contributed by atoms with Crippen molar-refractivity contribution in [1.29, 1.82) is 0 Å². The molecule has 0 bridgehead atoms. The average molecular weight is 410 g/mol. The van der Waals surface area contributed by atoms with Crippen molar-refractivity contribution in [2.24, 2.45) is 0 Å². The lowest BCUT2D eigenvalue weighted by Gasteiger charge is -2.35. The first-order valence-corrected chi connectivity index (χ1v) is 10.3. The minimum Gasteiger partial charge on any atom is -0.480 e. The number of fused-ring (bicyclic) bond motifs is 1. The molecular weight excluding hydrogens is 384 g/mol. The highest BCUT2D eigenvalue weighted by Gasteiger charge is 2.29. The van der Waals surface area contributed by atoms with Crippen LogP contribution < -0.4 is 10.2 Å². The van der Waals surface area contributed by atoms with Gasteiger partial charge in [-0.15, -0.1) is 0 Å². The molecule has 0 saturated carbocycles. The number of aliphatic carboxylic acids is 1. The van der Waals surface area contributed by atoms with Gasteiger partial charge >= 0.3 is 5.97 Å². The lowest BCUT2D eigenvalue weighted by atomic mass is 10.0. The molecule has 8 heteroatoms. The summed E-state index contributed by atoms with van der Waals surface area (Å²) < 4.78 is 0. The second kappa shape index (κ2) is 8.71. The number of dihydropyridines is 1. The van der Waals surface area contributed by atoms with Crippen LogP contribution >= 0.6 is 0 Å². The van der Waals surface area contributed by atoms with E-state index < -0.39 is 5.97 Å². The van der Waals surface area contributed by atoms with Gasteiger partial charge in [0.15, 0.2) is 0 Å². The van der Waals surface area contributed by atoms with Crippen LogP contribution in [0.2, 0.25) is 0 Å². The molecule has 0 aromatic heterocycles. The van der Waals surface area contributed by atoms with Crippen LogP contribution in [-0.4, -0.2) is 72.0 Å². The molecule has 4 rings (SSSR count). The van der Waals surface area contributed by atoms with Gasteiger partial charge in [-0.05, 0) is 30.9 Å². The zero-order valence-corrected chi connectivity index (χ0v) is 16.8. The number of aryl methyl sites for hydroxylation is 1. The minimum absolute atomic E-state index is 0.0122. The second-order valence-electron chi connectivity index (χ2n) is 7.75. The van der Waals surface area contributed by atoms with Crippen molar-refractivity contribution in [3.63, 3.8) is 0 Å². The number of para-hydroxylation sites is 1. The number of carboxylic acid groups (broad SMARTS) is 1. The molecule has 0 aliphatic carbocycles. The van der Waals surface area contributed by atoms with Crippen LogP contribution in [0, 0.1) is 0 Å². The summed E-state index contributed by atoms with van der Waals surface area (Å²) in [7, 11) is 0. The van der Waals surface area contributed by atoms with E-state index in [1.54, 1.807) is 15.9 Å². The van der Waals surface area contributed by atoms with Crippen molar-refractivity contribution >= 4 is 23.5 Å². The number of carboxylic acids is 1. The Hall–Kier alpha value is -3.13. The molecule has 30 heavy (non-hydrogen) atoms. The van der Waals surface area contributed by atoms with Gasteiger partial charge in [0.25, 0.3) is 11.8 Å². The Morgan fingerprint density at radius 1 is 0.933 bits per heavy atom. The molecule has 2 N–H and O–H groups in total. The van der Waals surface area contributed by atoms with E-state index in [0.717, 1.165) is 18.5 Å². The molecule has 1 aromatic rings. The number of nitrogens with one attached hydrogen (secondary N) is 1. The van der Waals surface area contributed by atoms with Crippen LogP contribution in [0.25, 0.3) is 0 Å². The van der Waals surface area contributed by atoms with Crippen LogP contribution in [-0.2, 0) is 20.8 Å². The molecule has 0 radical (unpaired) electrons. The Kier molecular flexibility index (Phi) is 5.85. The number of anilines is 1. The number of amides is 2. The molecule has 8 nitrogen and oxygen atoms in total. The van der Waals surface area contributed by atoms with Gasteiger partial charge in [0.2, 0.25) is 0 Å². The fraction of sp³-hybridized carbons (Fsp3) is 0.409. The highest BCUT2D eigenvalue weighted by Crippen LogP contribution is 2.28. The maximum Gasteiger partial charge on any atom is 0.317 e. The number of carbonyl (C=O) groups excluding carboxylic acids is 2. The number of allylic oxidation sites excluding steroid dienone is 2. The standard InChI is InChI=1S/C22H26N4O4/c27-20(28)15-24-11-13-25(14-12-24)21(29)17-7-3-8-18(23-17)22(30)26-10-4-6-16-5-1-2-9-19(16)26/h1-2,5,7-9,23H,3-4,6,10-15H2,(H,27,28). The summed E-state index contributed by atoms with van der Waals surface area (Å²) in [6.07, 6.45) is 6.01. The molecule has 0 unspecified atom stereocenters. The molecule has 1 fully saturated rings. The quantitative estimate of drug-likeness (QED) is 0.768. The third-order valence-corrected chi connectivity index (χ3v) is 5.75. The van der Waals surface area contributed by atoms with E-state index in [1.807, 2.05) is 29.2 Å². The zero-order chi connectivity index (χ0) is 21.1. The van der Waals surface area contributed by atoms with Gasteiger partial charge in [0, 0.05) is 38.4 Å². The topological polar surface area (TPSA) is 93.2 Å². The van der Waals surface area contributed by atoms with Crippen LogP contribution in [0.15, 0.2) is 47.8 Å². The van der Waals surface area contributed by atoms with Gasteiger partial charge < -0.3 is 20.2 Å². The SMILES string of the molecule is O=C(O)CN1CCN(C(=O)C2=CCC=C(C(=O)N3CCCc4ccccc43)N2)CC1. The molecule has 1 saturated heterocycles. The van der Waals surface area contributed by atoms with Crippen molar-refractivity contribution in [2.45, 2.75) is 19.3 Å². The Labute approximate surface area is 175 Å². The van der Waals surface area contributed by atoms with Gasteiger partial charge in [0.05, 0.1) is 6.54 Å². The van der Waals surface area contributed by atoms with Gasteiger partial charge in [0.1, 0.15) is 11.4 Å². The lowest BCUT2D eigenvalue weighted by Crippen LogP contribution is -2.51. The fourth-order valence-corrected chi connectivity index (χ4v) is 4.18. The number of hydrogen-bond donors (Lipinski definition) is 2. The van der Waals surface area contributed by atoms with Crippen molar-refractivity contribution in [3.8, 4) is 0 Å². The summed E-state index contributed by atoms with van der Waals surface area (Å²) in [5.41, 5.74) is 2.95. The normalized spacial score (nSPS) is 19.3. The summed E-state index contributed by atoms with van der Waals surface area (Å²) in [4.78, 5) is 42.3. The number of benzene rings is 1. The van der Waals surface area contributed by atoms with E-state index >= 15 is 0 Å². The Morgan fingerprint density at radius 2 is 1.63 bits per heavy atom. The van der Waals surface area contributed by atoms with Gasteiger partial charge in [-0.25, -0.2) is 0 Å². The number of piperazine rings is 1. The molecule has 1 aromatic carbocycles. The van der Waals surface area contributed by atoms with Crippen molar-refractivity contribution in [1.82, 2.24) is 15.1 Å². The third kappa shape index (κ3) is 4.23. The molecule has 2 amide bonds. The highest BCUT2D eigenvalue weighted by molar-refractivity contribution is 6.07. The predicted molar refractivity (Wildman–Crippen MR) is 112 cm³/mol. The highest BCUT2D eigenvalue weighted by atomic mass is 16.4.